The zero-order chi connectivity index (χ0) is 25.5. The van der Waals surface area contributed by atoms with E-state index in [-0.39, 0.29) is 11.0 Å². The Labute approximate surface area is 212 Å². The summed E-state index contributed by atoms with van der Waals surface area (Å²) < 4.78 is 31.7. The molecule has 188 valence electrons. The molecule has 1 unspecified atom stereocenters. The normalized spacial score (nSPS) is 11.9. The van der Waals surface area contributed by atoms with Gasteiger partial charge in [-0.2, -0.15) is 4.98 Å². The Morgan fingerprint density at radius 2 is 1.83 bits per heavy atom. The van der Waals surface area contributed by atoms with Crippen LogP contribution in [0.25, 0.3) is 0 Å². The summed E-state index contributed by atoms with van der Waals surface area (Å²) >= 11 is 6.31. The first-order chi connectivity index (χ1) is 16.7. The highest BCUT2D eigenvalue weighted by atomic mass is 35.5. The van der Waals surface area contributed by atoms with Crippen LogP contribution in [0, 0.1) is 5.82 Å². The van der Waals surface area contributed by atoms with E-state index < -0.39 is 16.6 Å². The predicted molar refractivity (Wildman–Crippen MR) is 142 cm³/mol. The quantitative estimate of drug-likeness (QED) is 0.370. The van der Waals surface area contributed by atoms with Gasteiger partial charge in [0.05, 0.1) is 40.4 Å². The fraction of sp³-hybridized carbons (Fsp3) is 0.333. The maximum atomic E-state index is 13.8. The van der Waals surface area contributed by atoms with Gasteiger partial charge in [0.2, 0.25) is 5.95 Å². The Kier molecular flexibility index (Phi) is 9.25. The third-order valence-electron chi connectivity index (χ3n) is 5.20. The summed E-state index contributed by atoms with van der Waals surface area (Å²) in [6, 6.07) is 9.87. The van der Waals surface area contributed by atoms with Crippen molar-refractivity contribution in [3.63, 3.8) is 0 Å². The fourth-order valence-electron chi connectivity index (χ4n) is 3.21. The van der Waals surface area contributed by atoms with Gasteiger partial charge in [0.25, 0.3) is 0 Å². The number of hydrogen-bond donors (Lipinski definition) is 2. The van der Waals surface area contributed by atoms with Gasteiger partial charge in [-0.1, -0.05) is 18.5 Å². The summed E-state index contributed by atoms with van der Waals surface area (Å²) in [7, 11) is 6.33. The van der Waals surface area contributed by atoms with E-state index in [9.17, 15) is 8.60 Å². The van der Waals surface area contributed by atoms with E-state index in [1.807, 2.05) is 39.3 Å². The van der Waals surface area contributed by atoms with Gasteiger partial charge in [-0.3, -0.25) is 4.21 Å². The highest BCUT2D eigenvalue weighted by molar-refractivity contribution is 7.85. The van der Waals surface area contributed by atoms with Gasteiger partial charge < -0.3 is 25.2 Å². The smallest absolute Gasteiger partial charge is 0.229 e. The van der Waals surface area contributed by atoms with E-state index in [0.717, 1.165) is 18.8 Å². The molecule has 0 aliphatic rings. The van der Waals surface area contributed by atoms with Gasteiger partial charge in [-0.15, -0.1) is 0 Å². The van der Waals surface area contributed by atoms with E-state index in [1.165, 1.54) is 24.4 Å². The number of aromatic nitrogens is 2. The number of methoxy groups -OCH3 is 1. The molecule has 1 atom stereocenters. The molecule has 11 heteroatoms. The van der Waals surface area contributed by atoms with Crippen LogP contribution >= 0.6 is 11.6 Å². The number of benzene rings is 2. The van der Waals surface area contributed by atoms with Crippen molar-refractivity contribution in [2.75, 3.05) is 62.6 Å². The largest absolute Gasteiger partial charge is 0.494 e. The van der Waals surface area contributed by atoms with Crippen LogP contribution in [0.3, 0.4) is 0 Å². The molecule has 0 amide bonds. The maximum Gasteiger partial charge on any atom is 0.229 e. The number of rotatable bonds is 11. The summed E-state index contributed by atoms with van der Waals surface area (Å²) in [6.45, 7) is 3.56. The molecule has 0 saturated heterocycles. The minimum atomic E-state index is -1.37. The Bertz CT molecular complexity index is 1200. The predicted octanol–water partition coefficient (Wildman–Crippen LogP) is 4.89. The third-order valence-corrected chi connectivity index (χ3v) is 6.83. The van der Waals surface area contributed by atoms with Gasteiger partial charge in [0, 0.05) is 37.6 Å². The number of anilines is 5. The Balaban J connectivity index is 1.84. The zero-order valence-electron chi connectivity index (χ0n) is 20.4. The molecule has 0 spiro atoms. The third kappa shape index (κ3) is 7.03. The SMILES string of the molecule is CCS(=O)c1cc(F)ccc1Nc1nc(Nc2ccc(N(C)CCN(C)C)cc2OC)ncc1Cl. The molecule has 0 aliphatic carbocycles. The van der Waals surface area contributed by atoms with E-state index in [4.69, 9.17) is 16.3 Å². The van der Waals surface area contributed by atoms with Crippen molar-refractivity contribution in [3.8, 4) is 5.75 Å². The van der Waals surface area contributed by atoms with E-state index in [2.05, 4.69) is 30.4 Å². The topological polar surface area (TPSA) is 82.6 Å². The van der Waals surface area contributed by atoms with Crippen molar-refractivity contribution in [1.82, 2.24) is 14.9 Å². The Hall–Kier alpha value is -2.95. The van der Waals surface area contributed by atoms with Crippen LogP contribution in [0.2, 0.25) is 5.02 Å². The molecule has 2 N–H and O–H groups in total. The number of halogens is 2. The van der Waals surface area contributed by atoms with Gasteiger partial charge in [-0.05, 0) is 44.4 Å². The number of hydrogen-bond acceptors (Lipinski definition) is 8. The molecule has 0 fully saturated rings. The molecule has 35 heavy (non-hydrogen) atoms. The van der Waals surface area contributed by atoms with E-state index in [1.54, 1.807) is 14.0 Å². The molecule has 3 rings (SSSR count). The molecule has 3 aromatic rings. The molecule has 0 saturated carbocycles. The summed E-state index contributed by atoms with van der Waals surface area (Å²) in [5.74, 6) is 1.09. The minimum absolute atomic E-state index is 0.262. The number of likely N-dealkylation sites (N-methyl/N-ethyl adjacent to an activating group) is 2. The lowest BCUT2D eigenvalue weighted by Gasteiger charge is -2.23. The number of ether oxygens (including phenoxy) is 1. The van der Waals surface area contributed by atoms with Gasteiger partial charge in [0.1, 0.15) is 16.6 Å². The minimum Gasteiger partial charge on any atom is -0.494 e. The van der Waals surface area contributed by atoms with Crippen LogP contribution in [0.15, 0.2) is 47.5 Å². The average molecular weight is 521 g/mol. The standard InChI is InChI=1S/C24H30ClFN6O2S/c1-6-35(33)22-13-16(26)7-9-20(22)28-23-18(25)15-27-24(30-23)29-19-10-8-17(14-21(19)34-5)32(4)12-11-31(2)3/h7-10,13-15H,6,11-12H2,1-5H3,(H2,27,28,29,30). The van der Waals surface area contributed by atoms with Crippen LogP contribution in [-0.2, 0) is 10.8 Å². The van der Waals surface area contributed by atoms with Gasteiger partial charge in [-0.25, -0.2) is 9.37 Å². The summed E-state index contributed by atoms with van der Waals surface area (Å²) in [5, 5.41) is 6.48. The van der Waals surface area contributed by atoms with Crippen LogP contribution in [-0.4, -0.2) is 66.2 Å². The monoisotopic (exact) mass is 520 g/mol. The van der Waals surface area contributed by atoms with Crippen molar-refractivity contribution in [2.45, 2.75) is 11.8 Å². The molecule has 2 aromatic carbocycles. The average Bonchev–Trinajstić information content (AvgIpc) is 2.85. The highest BCUT2D eigenvalue weighted by Crippen LogP contribution is 2.33. The van der Waals surface area contributed by atoms with Crippen molar-refractivity contribution >= 4 is 51.2 Å². The Morgan fingerprint density at radius 1 is 1.09 bits per heavy atom. The lowest BCUT2D eigenvalue weighted by molar-refractivity contribution is 0.413. The van der Waals surface area contributed by atoms with Gasteiger partial charge in [0.15, 0.2) is 5.82 Å². The maximum absolute atomic E-state index is 13.8. The second kappa shape index (κ2) is 12.1. The lowest BCUT2D eigenvalue weighted by atomic mass is 10.2. The molecular weight excluding hydrogens is 491 g/mol. The molecular formula is C24H30ClFN6O2S. The first kappa shape index (κ1) is 26.7. The van der Waals surface area contributed by atoms with Crippen LogP contribution in [0.1, 0.15) is 6.92 Å². The molecule has 8 nitrogen and oxygen atoms in total. The second-order valence-electron chi connectivity index (χ2n) is 8.02. The highest BCUT2D eigenvalue weighted by Gasteiger charge is 2.15. The van der Waals surface area contributed by atoms with Crippen molar-refractivity contribution < 1.29 is 13.3 Å². The molecule has 1 aromatic heterocycles. The summed E-state index contributed by atoms with van der Waals surface area (Å²) in [4.78, 5) is 13.3. The first-order valence-corrected chi connectivity index (χ1v) is 12.7. The van der Waals surface area contributed by atoms with Crippen LogP contribution in [0.5, 0.6) is 5.75 Å². The zero-order valence-corrected chi connectivity index (χ0v) is 22.0. The lowest BCUT2D eigenvalue weighted by Crippen LogP contribution is -2.28. The number of nitrogens with zero attached hydrogens (tertiary/aromatic N) is 4. The molecule has 1 heterocycles. The first-order valence-electron chi connectivity index (χ1n) is 11.0. The van der Waals surface area contributed by atoms with E-state index in [0.29, 0.717) is 33.6 Å². The molecule has 0 bridgehead atoms. The van der Waals surface area contributed by atoms with Gasteiger partial charge >= 0.3 is 0 Å². The summed E-state index contributed by atoms with van der Waals surface area (Å²) in [6.07, 6.45) is 1.45. The molecule has 0 aliphatic heterocycles. The van der Waals surface area contributed by atoms with Crippen LogP contribution < -0.4 is 20.3 Å². The number of nitrogens with one attached hydrogen (secondary N) is 2. The second-order valence-corrected chi connectivity index (χ2v) is 10.1. The Morgan fingerprint density at radius 3 is 2.51 bits per heavy atom. The fourth-order valence-corrected chi connectivity index (χ4v) is 4.26. The van der Waals surface area contributed by atoms with E-state index >= 15 is 0 Å². The van der Waals surface area contributed by atoms with Crippen LogP contribution in [0.4, 0.5) is 33.2 Å². The van der Waals surface area contributed by atoms with Crippen molar-refractivity contribution in [3.05, 3.63) is 53.4 Å². The molecule has 0 radical (unpaired) electrons. The van der Waals surface area contributed by atoms with Crippen molar-refractivity contribution in [2.24, 2.45) is 0 Å². The summed E-state index contributed by atoms with van der Waals surface area (Å²) in [5.41, 5.74) is 2.15. The van der Waals surface area contributed by atoms with Crippen molar-refractivity contribution in [1.29, 1.82) is 0 Å².